The molecule has 0 unspecified atom stereocenters. The Balaban J connectivity index is 1.54. The highest BCUT2D eigenvalue weighted by Gasteiger charge is 2.19. The Morgan fingerprint density at radius 1 is 1.03 bits per heavy atom. The van der Waals surface area contributed by atoms with Crippen molar-refractivity contribution >= 4 is 51.1 Å². The smallest absolute Gasteiger partial charge is 0.316 e. The summed E-state index contributed by atoms with van der Waals surface area (Å²) in [6, 6.07) is 5.25. The summed E-state index contributed by atoms with van der Waals surface area (Å²) in [5.41, 5.74) is 2.51. The number of nitrogens with zero attached hydrogens (tertiary/aromatic N) is 6. The van der Waals surface area contributed by atoms with Gasteiger partial charge in [-0.15, -0.1) is 10.2 Å². The molecule has 4 aromatic rings. The lowest BCUT2D eigenvalue weighted by molar-refractivity contribution is 0.262. The lowest BCUT2D eigenvalue weighted by Crippen LogP contribution is -2.37. The van der Waals surface area contributed by atoms with Crippen molar-refractivity contribution in [3.8, 4) is 0 Å². The van der Waals surface area contributed by atoms with Gasteiger partial charge in [-0.05, 0) is 42.8 Å². The zero-order valence-corrected chi connectivity index (χ0v) is 19.6. The van der Waals surface area contributed by atoms with Crippen LogP contribution < -0.4 is 21.9 Å². The van der Waals surface area contributed by atoms with E-state index in [9.17, 15) is 14.4 Å². The zero-order valence-electron chi connectivity index (χ0n) is 18.0. The minimum Gasteiger partial charge on any atom is -0.316 e. The maximum Gasteiger partial charge on any atom is 0.332 e. The summed E-state index contributed by atoms with van der Waals surface area (Å²) in [5.74, 6) is 0. The fourth-order valence-electron chi connectivity index (χ4n) is 3.11. The normalized spacial score (nSPS) is 11.2. The van der Waals surface area contributed by atoms with E-state index in [-0.39, 0.29) is 0 Å². The number of aromatic nitrogens is 6. The average Bonchev–Trinajstić information content (AvgIpc) is 3.32. The standard InChI is InChI=1S/C19H20N8O3S2/c1-9-7-6-8-11(10(9)2)20-15(29)22-16-23-24-18(31-16)32-17-21-13-12(25(17)3)14(28)27(5)19(30)26(13)4/h6-8H,1-5H3,(H2,20,22,23,29). The average molecular weight is 473 g/mol. The number of fused-ring (bicyclic) bond motifs is 1. The number of carbonyl (C=O) groups is 1. The van der Waals surface area contributed by atoms with Crippen molar-refractivity contribution < 1.29 is 4.79 Å². The van der Waals surface area contributed by atoms with Gasteiger partial charge in [0.2, 0.25) is 5.13 Å². The van der Waals surface area contributed by atoms with Crippen LogP contribution >= 0.6 is 23.1 Å². The first-order chi connectivity index (χ1) is 15.2. The Hall–Kier alpha value is -3.45. The van der Waals surface area contributed by atoms with Crippen LogP contribution in [0.5, 0.6) is 0 Å². The fraction of sp³-hybridized carbons (Fsp3) is 0.263. The number of hydrogen-bond donors (Lipinski definition) is 2. The maximum atomic E-state index is 12.5. The van der Waals surface area contributed by atoms with Gasteiger partial charge in [0, 0.05) is 26.8 Å². The van der Waals surface area contributed by atoms with E-state index in [1.54, 1.807) is 18.7 Å². The second-order valence-corrected chi connectivity index (χ2v) is 9.33. The van der Waals surface area contributed by atoms with Crippen molar-refractivity contribution in [3.05, 3.63) is 50.2 Å². The van der Waals surface area contributed by atoms with Crippen LogP contribution in [0.3, 0.4) is 0 Å². The van der Waals surface area contributed by atoms with E-state index in [1.807, 2.05) is 32.0 Å². The Bertz CT molecular complexity index is 1480. The van der Waals surface area contributed by atoms with Crippen LogP contribution in [-0.2, 0) is 21.1 Å². The van der Waals surface area contributed by atoms with Crippen LogP contribution in [0.1, 0.15) is 11.1 Å². The van der Waals surface area contributed by atoms with Gasteiger partial charge in [-0.3, -0.25) is 19.2 Å². The van der Waals surface area contributed by atoms with E-state index in [2.05, 4.69) is 25.8 Å². The largest absolute Gasteiger partial charge is 0.332 e. The monoisotopic (exact) mass is 472 g/mol. The first-order valence-electron chi connectivity index (χ1n) is 9.45. The molecular formula is C19H20N8O3S2. The van der Waals surface area contributed by atoms with Gasteiger partial charge in [0.15, 0.2) is 20.7 Å². The van der Waals surface area contributed by atoms with Gasteiger partial charge in [0.05, 0.1) is 0 Å². The first kappa shape index (κ1) is 21.8. The number of imidazole rings is 1. The number of aryl methyl sites for hydroxylation is 3. The molecule has 4 rings (SSSR count). The van der Waals surface area contributed by atoms with Gasteiger partial charge in [-0.2, -0.15) is 0 Å². The summed E-state index contributed by atoms with van der Waals surface area (Å²) >= 11 is 2.36. The molecule has 32 heavy (non-hydrogen) atoms. The second-order valence-electron chi connectivity index (χ2n) is 7.13. The third-order valence-corrected chi connectivity index (χ3v) is 7.03. The van der Waals surface area contributed by atoms with E-state index < -0.39 is 17.3 Å². The van der Waals surface area contributed by atoms with E-state index in [0.29, 0.717) is 31.5 Å². The third kappa shape index (κ3) is 3.80. The Morgan fingerprint density at radius 3 is 2.53 bits per heavy atom. The molecule has 0 saturated carbocycles. The second kappa shape index (κ2) is 8.24. The molecule has 11 nitrogen and oxygen atoms in total. The van der Waals surface area contributed by atoms with Gasteiger partial charge >= 0.3 is 11.7 Å². The fourth-order valence-corrected chi connectivity index (χ4v) is 4.80. The van der Waals surface area contributed by atoms with E-state index in [1.165, 1.54) is 34.7 Å². The molecule has 0 radical (unpaired) electrons. The maximum absolute atomic E-state index is 12.5. The topological polar surface area (TPSA) is 129 Å². The number of urea groups is 1. The highest BCUT2D eigenvalue weighted by Crippen LogP contribution is 2.32. The van der Waals surface area contributed by atoms with E-state index >= 15 is 0 Å². The van der Waals surface area contributed by atoms with E-state index in [0.717, 1.165) is 15.7 Å². The Labute approximate surface area is 190 Å². The van der Waals surface area contributed by atoms with Crippen molar-refractivity contribution in [3.63, 3.8) is 0 Å². The zero-order chi connectivity index (χ0) is 23.2. The van der Waals surface area contributed by atoms with Crippen molar-refractivity contribution in [2.24, 2.45) is 21.1 Å². The van der Waals surface area contributed by atoms with E-state index in [4.69, 9.17) is 0 Å². The highest BCUT2D eigenvalue weighted by molar-refractivity contribution is 8.01. The van der Waals surface area contributed by atoms with Gasteiger partial charge in [-0.25, -0.2) is 14.6 Å². The van der Waals surface area contributed by atoms with Crippen molar-refractivity contribution in [1.82, 2.24) is 28.9 Å². The number of amides is 2. The molecule has 0 saturated heterocycles. The minimum atomic E-state index is -0.450. The van der Waals surface area contributed by atoms with Gasteiger partial charge in [0.25, 0.3) is 5.56 Å². The molecule has 2 amide bonds. The number of carbonyl (C=O) groups excluding carboxylic acids is 1. The van der Waals surface area contributed by atoms with Crippen LogP contribution in [0.25, 0.3) is 11.2 Å². The number of benzene rings is 1. The molecule has 3 heterocycles. The molecule has 0 spiro atoms. The molecule has 0 bridgehead atoms. The van der Waals surface area contributed by atoms with Crippen molar-refractivity contribution in [1.29, 1.82) is 0 Å². The molecule has 0 atom stereocenters. The van der Waals surface area contributed by atoms with Crippen LogP contribution in [0.2, 0.25) is 0 Å². The number of anilines is 2. The van der Waals surface area contributed by atoms with Crippen molar-refractivity contribution in [2.45, 2.75) is 23.3 Å². The molecule has 0 aliphatic rings. The summed E-state index contributed by atoms with van der Waals surface area (Å²) in [6.45, 7) is 3.91. The summed E-state index contributed by atoms with van der Waals surface area (Å²) < 4.78 is 4.50. The lowest BCUT2D eigenvalue weighted by atomic mass is 10.1. The summed E-state index contributed by atoms with van der Waals surface area (Å²) in [7, 11) is 4.68. The molecule has 0 fully saturated rings. The molecule has 2 N–H and O–H groups in total. The highest BCUT2D eigenvalue weighted by atomic mass is 32.2. The summed E-state index contributed by atoms with van der Waals surface area (Å²) in [5, 5.41) is 14.3. The van der Waals surface area contributed by atoms with Crippen LogP contribution in [0, 0.1) is 13.8 Å². The van der Waals surface area contributed by atoms with Crippen LogP contribution in [0.4, 0.5) is 15.6 Å². The molecule has 13 heteroatoms. The minimum absolute atomic E-state index is 0.291. The molecule has 3 aromatic heterocycles. The first-order valence-corrected chi connectivity index (χ1v) is 11.1. The molecule has 166 valence electrons. The van der Waals surface area contributed by atoms with Gasteiger partial charge in [0.1, 0.15) is 0 Å². The lowest BCUT2D eigenvalue weighted by Gasteiger charge is -2.09. The SMILES string of the molecule is Cc1cccc(NC(=O)Nc2nnc(Sc3nc4c(c(=O)n(C)c(=O)n4C)n3C)s2)c1C. The molecular weight excluding hydrogens is 452 g/mol. The molecule has 0 aliphatic heterocycles. The predicted octanol–water partition coefficient (Wildman–Crippen LogP) is 2.23. The Kier molecular flexibility index (Phi) is 5.60. The van der Waals surface area contributed by atoms with Crippen LogP contribution in [-0.4, -0.2) is 34.9 Å². The predicted molar refractivity (Wildman–Crippen MR) is 124 cm³/mol. The summed E-state index contributed by atoms with van der Waals surface area (Å²) in [6.07, 6.45) is 0. The number of nitrogens with one attached hydrogen (secondary N) is 2. The third-order valence-electron chi connectivity index (χ3n) is 5.09. The van der Waals surface area contributed by atoms with Gasteiger partial charge < -0.3 is 9.88 Å². The Morgan fingerprint density at radius 2 is 1.78 bits per heavy atom. The quantitative estimate of drug-likeness (QED) is 0.436. The van der Waals surface area contributed by atoms with Gasteiger partial charge in [-0.1, -0.05) is 23.5 Å². The number of rotatable bonds is 4. The molecule has 1 aromatic carbocycles. The molecule has 0 aliphatic carbocycles. The van der Waals surface area contributed by atoms with Crippen LogP contribution in [0.15, 0.2) is 37.3 Å². The summed E-state index contributed by atoms with van der Waals surface area (Å²) in [4.78, 5) is 41.4. The number of hydrogen-bond acceptors (Lipinski definition) is 8. The van der Waals surface area contributed by atoms with Crippen molar-refractivity contribution in [2.75, 3.05) is 10.6 Å².